The molecule has 154 valence electrons. The average molecular weight is 447 g/mol. The second kappa shape index (κ2) is 9.03. The number of hydrogen-bond donors (Lipinski definition) is 1. The van der Waals surface area contributed by atoms with E-state index in [1.165, 1.54) is 41.5 Å². The lowest BCUT2D eigenvalue weighted by atomic mass is 10.2. The van der Waals surface area contributed by atoms with Crippen molar-refractivity contribution in [1.29, 1.82) is 0 Å². The predicted molar refractivity (Wildman–Crippen MR) is 111 cm³/mol. The Morgan fingerprint density at radius 3 is 2.57 bits per heavy atom. The molecule has 0 saturated heterocycles. The summed E-state index contributed by atoms with van der Waals surface area (Å²) in [5.74, 6) is 1.93. The molecule has 1 amide bonds. The molecule has 9 heteroatoms. The summed E-state index contributed by atoms with van der Waals surface area (Å²) in [5, 5.41) is -0.0734. The first kappa shape index (κ1) is 21.4. The molecule has 0 aliphatic heterocycles. The molecule has 1 heterocycles. The number of rotatable bonds is 7. The van der Waals surface area contributed by atoms with Gasteiger partial charge in [0, 0.05) is 11.3 Å². The standard InChI is InChI=1S/C21H16ClFN2O4S/c1-2-11-25(14-18-4-3-12-29-18)21(26)15-5-10-19(22)20(13-15)30(27,28)24-17-8-6-16(23)7-9-17/h1,3-10,12-13,24H,11,14H2. The number of nitrogens with zero attached hydrogens (tertiary/aromatic N) is 1. The Kier molecular flexibility index (Phi) is 6.45. The fourth-order valence-corrected chi connectivity index (χ4v) is 4.24. The number of furan rings is 1. The van der Waals surface area contributed by atoms with Crippen LogP contribution in [0.15, 0.2) is 70.2 Å². The Balaban J connectivity index is 1.90. The summed E-state index contributed by atoms with van der Waals surface area (Å²) in [4.78, 5) is 14.0. The van der Waals surface area contributed by atoms with Crippen LogP contribution in [0.1, 0.15) is 16.1 Å². The number of amides is 1. The topological polar surface area (TPSA) is 79.6 Å². The van der Waals surface area contributed by atoms with E-state index in [4.69, 9.17) is 22.4 Å². The van der Waals surface area contributed by atoms with Crippen LogP contribution in [0.25, 0.3) is 0 Å². The van der Waals surface area contributed by atoms with Gasteiger partial charge in [-0.05, 0) is 54.6 Å². The minimum Gasteiger partial charge on any atom is -0.467 e. The molecule has 0 aliphatic rings. The van der Waals surface area contributed by atoms with Crippen molar-refractivity contribution in [3.8, 4) is 12.3 Å². The largest absolute Gasteiger partial charge is 0.467 e. The van der Waals surface area contributed by atoms with Crippen LogP contribution in [-0.2, 0) is 16.6 Å². The Morgan fingerprint density at radius 1 is 1.20 bits per heavy atom. The number of sulfonamides is 1. The summed E-state index contributed by atoms with van der Waals surface area (Å²) in [6.07, 6.45) is 6.84. The van der Waals surface area contributed by atoms with Crippen molar-refractivity contribution >= 4 is 33.2 Å². The quantitative estimate of drug-likeness (QED) is 0.553. The normalized spacial score (nSPS) is 11.0. The second-order valence-corrected chi connectivity index (χ2v) is 8.26. The van der Waals surface area contributed by atoms with Crippen LogP contribution in [0.3, 0.4) is 0 Å². The fourth-order valence-electron chi connectivity index (χ4n) is 2.65. The molecule has 6 nitrogen and oxygen atoms in total. The van der Waals surface area contributed by atoms with Crippen molar-refractivity contribution in [2.24, 2.45) is 0 Å². The molecule has 0 atom stereocenters. The number of carbonyl (C=O) groups excluding carboxylic acids is 1. The molecule has 30 heavy (non-hydrogen) atoms. The molecule has 0 bridgehead atoms. The zero-order valence-electron chi connectivity index (χ0n) is 15.5. The zero-order valence-corrected chi connectivity index (χ0v) is 17.1. The zero-order chi connectivity index (χ0) is 21.7. The lowest BCUT2D eigenvalue weighted by molar-refractivity contribution is 0.0755. The van der Waals surface area contributed by atoms with E-state index in [9.17, 15) is 17.6 Å². The third-order valence-corrected chi connectivity index (χ3v) is 5.92. The highest BCUT2D eigenvalue weighted by molar-refractivity contribution is 7.92. The Bertz CT molecular complexity index is 1190. The molecule has 0 saturated carbocycles. The monoisotopic (exact) mass is 446 g/mol. The SMILES string of the molecule is C#CCN(Cc1ccco1)C(=O)c1ccc(Cl)c(S(=O)(=O)Nc2ccc(F)cc2)c1. The van der Waals surface area contributed by atoms with Gasteiger partial charge < -0.3 is 9.32 Å². The van der Waals surface area contributed by atoms with Gasteiger partial charge in [-0.3, -0.25) is 9.52 Å². The van der Waals surface area contributed by atoms with Crippen LogP contribution >= 0.6 is 11.6 Å². The van der Waals surface area contributed by atoms with E-state index in [1.807, 2.05) is 0 Å². The molecule has 0 unspecified atom stereocenters. The summed E-state index contributed by atoms with van der Waals surface area (Å²) in [6.45, 7) is 0.118. The highest BCUT2D eigenvalue weighted by Crippen LogP contribution is 2.26. The average Bonchev–Trinajstić information content (AvgIpc) is 3.22. The second-order valence-electron chi connectivity index (χ2n) is 6.20. The van der Waals surface area contributed by atoms with Gasteiger partial charge in [0.1, 0.15) is 16.5 Å². The highest BCUT2D eigenvalue weighted by Gasteiger charge is 2.23. The van der Waals surface area contributed by atoms with E-state index >= 15 is 0 Å². The van der Waals surface area contributed by atoms with Crippen LogP contribution in [-0.4, -0.2) is 25.8 Å². The first-order valence-electron chi connectivity index (χ1n) is 8.63. The lowest BCUT2D eigenvalue weighted by Gasteiger charge is -2.20. The molecule has 3 rings (SSSR count). The number of hydrogen-bond acceptors (Lipinski definition) is 4. The third kappa shape index (κ3) is 5.00. The Labute approximate surface area is 178 Å². The molecular formula is C21H16ClFN2O4S. The van der Waals surface area contributed by atoms with Crippen molar-refractivity contribution in [2.45, 2.75) is 11.4 Å². The summed E-state index contributed by atoms with van der Waals surface area (Å²) in [7, 11) is -4.13. The van der Waals surface area contributed by atoms with E-state index < -0.39 is 21.7 Å². The maximum atomic E-state index is 13.1. The molecule has 0 spiro atoms. The molecule has 1 N–H and O–H groups in total. The summed E-state index contributed by atoms with van der Waals surface area (Å²) in [6, 6.07) is 12.0. The molecule has 3 aromatic rings. The molecule has 0 fully saturated rings. The minimum atomic E-state index is -4.13. The highest BCUT2D eigenvalue weighted by atomic mass is 35.5. The molecule has 1 aromatic heterocycles. The summed E-state index contributed by atoms with van der Waals surface area (Å²) >= 11 is 6.08. The lowest BCUT2D eigenvalue weighted by Crippen LogP contribution is -2.31. The van der Waals surface area contributed by atoms with Gasteiger partial charge in [-0.15, -0.1) is 6.42 Å². The minimum absolute atomic E-state index is 0.00191. The van der Waals surface area contributed by atoms with Crippen molar-refractivity contribution in [3.63, 3.8) is 0 Å². The van der Waals surface area contributed by atoms with Gasteiger partial charge in [0.2, 0.25) is 0 Å². The molecule has 2 aromatic carbocycles. The van der Waals surface area contributed by atoms with Crippen LogP contribution in [0, 0.1) is 18.2 Å². The van der Waals surface area contributed by atoms with Gasteiger partial charge >= 0.3 is 0 Å². The first-order chi connectivity index (χ1) is 14.3. The van der Waals surface area contributed by atoms with E-state index in [0.717, 1.165) is 12.1 Å². The van der Waals surface area contributed by atoms with Gasteiger partial charge in [0.15, 0.2) is 0 Å². The maximum absolute atomic E-state index is 13.1. The Hall–Kier alpha value is -3.28. The summed E-state index contributed by atoms with van der Waals surface area (Å²) < 4.78 is 46.2. The van der Waals surface area contributed by atoms with Crippen molar-refractivity contribution in [2.75, 3.05) is 11.3 Å². The number of nitrogens with one attached hydrogen (secondary N) is 1. The van der Waals surface area contributed by atoms with Crippen molar-refractivity contribution in [1.82, 2.24) is 4.90 Å². The molecule has 0 radical (unpaired) electrons. The number of carbonyl (C=O) groups is 1. The van der Waals surface area contributed by atoms with Crippen LogP contribution < -0.4 is 4.72 Å². The van der Waals surface area contributed by atoms with Gasteiger partial charge in [-0.1, -0.05) is 17.5 Å². The van der Waals surface area contributed by atoms with Crippen LogP contribution in [0.5, 0.6) is 0 Å². The molecule has 0 aliphatic carbocycles. The third-order valence-electron chi connectivity index (χ3n) is 4.06. The first-order valence-corrected chi connectivity index (χ1v) is 10.5. The van der Waals surface area contributed by atoms with Gasteiger partial charge in [0.25, 0.3) is 15.9 Å². The smallest absolute Gasteiger partial charge is 0.263 e. The number of benzene rings is 2. The Morgan fingerprint density at radius 2 is 1.93 bits per heavy atom. The number of anilines is 1. The fraction of sp³-hybridized carbons (Fsp3) is 0.0952. The van der Waals surface area contributed by atoms with Crippen LogP contribution in [0.2, 0.25) is 5.02 Å². The van der Waals surface area contributed by atoms with Crippen LogP contribution in [0.4, 0.5) is 10.1 Å². The molecular weight excluding hydrogens is 431 g/mol. The number of terminal acetylenes is 1. The van der Waals surface area contributed by atoms with Crippen molar-refractivity contribution < 1.29 is 22.0 Å². The van der Waals surface area contributed by atoms with Gasteiger partial charge in [0.05, 0.1) is 24.4 Å². The predicted octanol–water partition coefficient (Wildman–Crippen LogP) is 4.15. The van der Waals surface area contributed by atoms with Gasteiger partial charge in [-0.2, -0.15) is 0 Å². The van der Waals surface area contributed by atoms with E-state index in [1.54, 1.807) is 12.1 Å². The summed E-state index contributed by atoms with van der Waals surface area (Å²) in [5.41, 5.74) is 0.233. The number of halogens is 2. The van der Waals surface area contributed by atoms with E-state index in [0.29, 0.717) is 5.76 Å². The van der Waals surface area contributed by atoms with Gasteiger partial charge in [-0.25, -0.2) is 12.8 Å². The van der Waals surface area contributed by atoms with E-state index in [-0.39, 0.29) is 34.3 Å². The maximum Gasteiger partial charge on any atom is 0.263 e. The van der Waals surface area contributed by atoms with Crippen molar-refractivity contribution in [3.05, 3.63) is 83.0 Å². The van der Waals surface area contributed by atoms with E-state index in [2.05, 4.69) is 10.6 Å².